The minimum absolute atomic E-state index is 0.287. The Kier molecular flexibility index (Phi) is 2.90. The molecule has 76 valence electrons. The monoisotopic (exact) mass is 259 g/mol. The van der Waals surface area contributed by atoms with Gasteiger partial charge in [-0.2, -0.15) is 5.48 Å². The summed E-state index contributed by atoms with van der Waals surface area (Å²) in [6.07, 6.45) is 0. The fourth-order valence-electron chi connectivity index (χ4n) is 1.27. The molecule has 5 heteroatoms. The molecular weight excluding hydrogens is 250 g/mol. The number of halogens is 1. The predicted molar refractivity (Wildman–Crippen MR) is 54.1 cm³/mol. The lowest BCUT2D eigenvalue weighted by Gasteiger charge is -2.06. The predicted octanol–water partition coefficient (Wildman–Crippen LogP) is 1.83. The Morgan fingerprint density at radius 1 is 1.50 bits per heavy atom. The van der Waals surface area contributed by atoms with Crippen LogP contribution in [0.5, 0.6) is 11.5 Å². The van der Waals surface area contributed by atoms with Gasteiger partial charge in [-0.3, -0.25) is 0 Å². The fourth-order valence-corrected chi connectivity index (χ4v) is 1.85. The van der Waals surface area contributed by atoms with Crippen molar-refractivity contribution in [2.75, 3.05) is 13.9 Å². The van der Waals surface area contributed by atoms with Gasteiger partial charge in [0.05, 0.1) is 11.6 Å². The van der Waals surface area contributed by atoms with Gasteiger partial charge in [-0.05, 0) is 27.6 Å². The van der Waals surface area contributed by atoms with E-state index in [0.717, 1.165) is 21.5 Å². The third kappa shape index (κ3) is 1.70. The van der Waals surface area contributed by atoms with Crippen LogP contribution in [0.2, 0.25) is 0 Å². The highest BCUT2D eigenvalue weighted by molar-refractivity contribution is 9.10. The molecule has 4 nitrogen and oxygen atoms in total. The van der Waals surface area contributed by atoms with E-state index in [2.05, 4.69) is 21.4 Å². The molecule has 1 aliphatic rings. The molecule has 1 aliphatic heterocycles. The minimum atomic E-state index is 0.287. The Labute approximate surface area is 90.2 Å². The molecule has 0 amide bonds. The molecule has 0 spiro atoms. The first kappa shape index (κ1) is 9.76. The van der Waals surface area contributed by atoms with Gasteiger partial charge in [0.2, 0.25) is 6.79 Å². The summed E-state index contributed by atoms with van der Waals surface area (Å²) in [7, 11) is 1.58. The summed E-state index contributed by atoms with van der Waals surface area (Å²) in [5.74, 6) is 1.54. The Hall–Kier alpha value is -0.780. The standard InChI is InChI=1S/C9H10BrNO3/c1-12-11-4-6-2-3-7-9(8(6)10)14-5-13-7/h2-3,11H,4-5H2,1H3. The first-order valence-electron chi connectivity index (χ1n) is 4.15. The van der Waals surface area contributed by atoms with Crippen molar-refractivity contribution in [3.05, 3.63) is 22.2 Å². The van der Waals surface area contributed by atoms with Gasteiger partial charge in [-0.15, -0.1) is 0 Å². The van der Waals surface area contributed by atoms with Gasteiger partial charge < -0.3 is 14.3 Å². The quantitative estimate of drug-likeness (QED) is 0.841. The van der Waals surface area contributed by atoms with Gasteiger partial charge in [-0.1, -0.05) is 6.07 Å². The second-order valence-electron chi connectivity index (χ2n) is 2.80. The van der Waals surface area contributed by atoms with Crippen LogP contribution in [0, 0.1) is 0 Å². The van der Waals surface area contributed by atoms with Crippen LogP contribution in [-0.2, 0) is 11.4 Å². The lowest BCUT2D eigenvalue weighted by atomic mass is 10.2. The van der Waals surface area contributed by atoms with Crippen molar-refractivity contribution in [2.24, 2.45) is 0 Å². The van der Waals surface area contributed by atoms with Gasteiger partial charge in [-0.25, -0.2) is 0 Å². The smallest absolute Gasteiger partial charge is 0.231 e. The number of hydrogen-bond donors (Lipinski definition) is 1. The topological polar surface area (TPSA) is 39.7 Å². The number of hydrogen-bond acceptors (Lipinski definition) is 4. The molecule has 0 unspecified atom stereocenters. The van der Waals surface area contributed by atoms with E-state index < -0.39 is 0 Å². The molecule has 0 saturated carbocycles. The highest BCUT2D eigenvalue weighted by atomic mass is 79.9. The van der Waals surface area contributed by atoms with Crippen molar-refractivity contribution in [1.82, 2.24) is 5.48 Å². The Balaban J connectivity index is 2.26. The molecule has 0 aromatic heterocycles. The van der Waals surface area contributed by atoms with Gasteiger partial charge in [0.15, 0.2) is 11.5 Å². The summed E-state index contributed by atoms with van der Waals surface area (Å²) in [6.45, 7) is 0.906. The van der Waals surface area contributed by atoms with Crippen molar-refractivity contribution in [3.8, 4) is 11.5 Å². The minimum Gasteiger partial charge on any atom is -0.454 e. The van der Waals surface area contributed by atoms with Crippen LogP contribution in [0.4, 0.5) is 0 Å². The Morgan fingerprint density at radius 3 is 3.14 bits per heavy atom. The van der Waals surface area contributed by atoms with Crippen molar-refractivity contribution >= 4 is 15.9 Å². The maximum atomic E-state index is 5.31. The lowest BCUT2D eigenvalue weighted by molar-refractivity contribution is 0.0865. The van der Waals surface area contributed by atoms with Crippen LogP contribution < -0.4 is 15.0 Å². The second kappa shape index (κ2) is 4.16. The number of hydroxylamine groups is 1. The molecule has 1 aromatic rings. The summed E-state index contributed by atoms with van der Waals surface area (Å²) in [4.78, 5) is 4.78. The maximum absolute atomic E-state index is 5.31. The summed E-state index contributed by atoms with van der Waals surface area (Å²) in [5, 5.41) is 0. The third-order valence-electron chi connectivity index (χ3n) is 1.97. The van der Waals surface area contributed by atoms with E-state index in [-0.39, 0.29) is 6.79 Å². The highest BCUT2D eigenvalue weighted by Gasteiger charge is 2.18. The van der Waals surface area contributed by atoms with E-state index in [1.54, 1.807) is 7.11 Å². The van der Waals surface area contributed by atoms with Gasteiger partial charge in [0.25, 0.3) is 0 Å². The van der Waals surface area contributed by atoms with Crippen LogP contribution in [0.15, 0.2) is 16.6 Å². The Morgan fingerprint density at radius 2 is 2.36 bits per heavy atom. The molecule has 1 heterocycles. The van der Waals surface area contributed by atoms with Crippen molar-refractivity contribution in [3.63, 3.8) is 0 Å². The Bertz CT molecular complexity index is 343. The summed E-state index contributed by atoms with van der Waals surface area (Å²) < 4.78 is 11.5. The molecule has 0 atom stereocenters. The van der Waals surface area contributed by atoms with Crippen molar-refractivity contribution < 1.29 is 14.3 Å². The number of fused-ring (bicyclic) bond motifs is 1. The zero-order valence-corrected chi connectivity index (χ0v) is 9.26. The SMILES string of the molecule is CONCc1ccc2c(c1Br)OCO2. The first-order valence-corrected chi connectivity index (χ1v) is 4.95. The molecule has 0 fully saturated rings. The van der Waals surface area contributed by atoms with E-state index in [1.807, 2.05) is 12.1 Å². The number of ether oxygens (including phenoxy) is 2. The third-order valence-corrected chi connectivity index (χ3v) is 2.84. The van der Waals surface area contributed by atoms with Gasteiger partial charge in [0.1, 0.15) is 0 Å². The summed E-state index contributed by atoms with van der Waals surface area (Å²) in [6, 6.07) is 3.85. The van der Waals surface area contributed by atoms with E-state index in [1.165, 1.54) is 0 Å². The zero-order chi connectivity index (χ0) is 9.97. The lowest BCUT2D eigenvalue weighted by Crippen LogP contribution is -2.11. The average Bonchev–Trinajstić information content (AvgIpc) is 2.66. The van der Waals surface area contributed by atoms with Crippen molar-refractivity contribution in [2.45, 2.75) is 6.54 Å². The van der Waals surface area contributed by atoms with Crippen LogP contribution in [0.3, 0.4) is 0 Å². The molecule has 0 saturated heterocycles. The van der Waals surface area contributed by atoms with Crippen LogP contribution in [0.25, 0.3) is 0 Å². The molecule has 1 N–H and O–H groups in total. The molecule has 0 aliphatic carbocycles. The van der Waals surface area contributed by atoms with Gasteiger partial charge in [0, 0.05) is 6.54 Å². The summed E-state index contributed by atoms with van der Waals surface area (Å²) in [5.41, 5.74) is 3.84. The number of nitrogens with one attached hydrogen (secondary N) is 1. The first-order chi connectivity index (χ1) is 6.83. The van der Waals surface area contributed by atoms with E-state index in [0.29, 0.717) is 6.54 Å². The molecule has 0 bridgehead atoms. The molecular formula is C9H10BrNO3. The van der Waals surface area contributed by atoms with Crippen molar-refractivity contribution in [1.29, 1.82) is 0 Å². The van der Waals surface area contributed by atoms with Crippen LogP contribution in [-0.4, -0.2) is 13.9 Å². The molecule has 0 radical (unpaired) electrons. The zero-order valence-electron chi connectivity index (χ0n) is 7.67. The maximum Gasteiger partial charge on any atom is 0.231 e. The van der Waals surface area contributed by atoms with E-state index in [9.17, 15) is 0 Å². The van der Waals surface area contributed by atoms with Gasteiger partial charge >= 0.3 is 0 Å². The van der Waals surface area contributed by atoms with E-state index >= 15 is 0 Å². The normalized spacial score (nSPS) is 13.3. The molecule has 14 heavy (non-hydrogen) atoms. The molecule has 1 aromatic carbocycles. The summed E-state index contributed by atoms with van der Waals surface area (Å²) >= 11 is 3.46. The van der Waals surface area contributed by atoms with Crippen LogP contribution in [0.1, 0.15) is 5.56 Å². The molecule has 2 rings (SSSR count). The fraction of sp³-hybridized carbons (Fsp3) is 0.333. The highest BCUT2D eigenvalue weighted by Crippen LogP contribution is 2.40. The number of rotatable bonds is 3. The second-order valence-corrected chi connectivity index (χ2v) is 3.59. The van der Waals surface area contributed by atoms with E-state index in [4.69, 9.17) is 14.3 Å². The number of benzene rings is 1. The average molecular weight is 260 g/mol. The van der Waals surface area contributed by atoms with Crippen LogP contribution >= 0.6 is 15.9 Å². The largest absolute Gasteiger partial charge is 0.454 e.